The number of allylic oxidation sites excluding steroid dienone is 1. The number of fused-ring (bicyclic) bond motifs is 1. The minimum absolute atomic E-state index is 0.140. The molecule has 0 radical (unpaired) electrons. The van der Waals surface area contributed by atoms with E-state index in [1.807, 2.05) is 44.7 Å². The maximum Gasteiger partial charge on any atom is 0.254 e. The molecule has 42 heavy (non-hydrogen) atoms. The van der Waals surface area contributed by atoms with Gasteiger partial charge in [0.2, 0.25) is 0 Å². The highest BCUT2D eigenvalue weighted by Gasteiger charge is 2.25. The van der Waals surface area contributed by atoms with Crippen LogP contribution in [0.2, 0.25) is 0 Å². The van der Waals surface area contributed by atoms with Crippen molar-refractivity contribution in [2.24, 2.45) is 5.92 Å². The van der Waals surface area contributed by atoms with Gasteiger partial charge in [-0.3, -0.25) is 9.59 Å². The lowest BCUT2D eigenvalue weighted by atomic mass is 9.83. The third-order valence-electron chi connectivity index (χ3n) is 7.61. The Morgan fingerprint density at radius 2 is 1.62 bits per heavy atom. The number of ether oxygens (including phenoxy) is 1. The molecule has 1 atom stereocenters. The van der Waals surface area contributed by atoms with Gasteiger partial charge in [-0.05, 0) is 67.0 Å². The van der Waals surface area contributed by atoms with Crippen LogP contribution in [0.5, 0.6) is 0 Å². The zero-order chi connectivity index (χ0) is 30.3. The molecule has 8 heteroatoms. The van der Waals surface area contributed by atoms with Gasteiger partial charge in [0.1, 0.15) is 5.78 Å². The number of aryl methyl sites for hydroxylation is 1. The third kappa shape index (κ3) is 9.69. The van der Waals surface area contributed by atoms with E-state index in [1.54, 1.807) is 19.1 Å². The average Bonchev–Trinajstić information content (AvgIpc) is 3.06. The first-order valence-corrected chi connectivity index (χ1v) is 16.5. The summed E-state index contributed by atoms with van der Waals surface area (Å²) < 4.78 is 10.8. The Balaban J connectivity index is 0.00000116. The number of amides is 1. The third-order valence-corrected chi connectivity index (χ3v) is 8.51. The van der Waals surface area contributed by atoms with E-state index in [0.717, 1.165) is 51.0 Å². The lowest BCUT2D eigenvalue weighted by Gasteiger charge is -2.35. The summed E-state index contributed by atoms with van der Waals surface area (Å²) in [5.74, 6) is 0.730. The fourth-order valence-corrected chi connectivity index (χ4v) is 6.18. The number of ketones is 1. The zero-order valence-electron chi connectivity index (χ0n) is 26.2. The molecule has 0 spiro atoms. The molecular weight excluding hydrogens is 544 g/mol. The summed E-state index contributed by atoms with van der Waals surface area (Å²) in [4.78, 5) is 28.7. The van der Waals surface area contributed by atoms with E-state index >= 15 is 0 Å². The number of nitrogens with zero attached hydrogens (tertiary/aromatic N) is 3. The predicted octanol–water partition coefficient (Wildman–Crippen LogP) is 5.89. The number of carbonyl (C=O) groups is 2. The quantitative estimate of drug-likeness (QED) is 0.363. The van der Waals surface area contributed by atoms with Crippen molar-refractivity contribution in [2.45, 2.75) is 53.9 Å². The summed E-state index contributed by atoms with van der Waals surface area (Å²) in [6.45, 7) is 16.5. The molecule has 2 aromatic rings. The van der Waals surface area contributed by atoms with Gasteiger partial charge in [-0.25, -0.2) is 9.03 Å². The first-order chi connectivity index (χ1) is 20.6. The SMILES string of the molecule is CC.CC.CC(=O)CNSN1CCN(c2ccc(CCC3C=Cc4cccc(C(=O)N5CCOCC5)c4C3)cc2)CC1. The molecule has 1 unspecified atom stereocenters. The highest BCUT2D eigenvalue weighted by Crippen LogP contribution is 2.30. The van der Waals surface area contributed by atoms with Gasteiger partial charge in [0.15, 0.2) is 0 Å². The Labute approximate surface area is 257 Å². The number of piperazine rings is 1. The number of benzene rings is 2. The summed E-state index contributed by atoms with van der Waals surface area (Å²) in [6.07, 6.45) is 7.54. The standard InChI is InChI=1S/C30H38N4O3S.2C2H6/c1-23(35)22-31-38-34-15-13-32(14-16-34)27-11-8-24(9-12-27)5-6-25-7-10-26-3-2-4-28(29(26)21-25)30(36)33-17-19-37-20-18-33;2*1-2/h2-4,7-12,25,31H,5-6,13-22H2,1H3;2*1-2H3. The van der Waals surface area contributed by atoms with Gasteiger partial charge >= 0.3 is 0 Å². The van der Waals surface area contributed by atoms with Gasteiger partial charge in [0.25, 0.3) is 5.91 Å². The van der Waals surface area contributed by atoms with Crippen LogP contribution in [0.4, 0.5) is 5.69 Å². The fraction of sp³-hybridized carbons (Fsp3) is 0.529. The van der Waals surface area contributed by atoms with E-state index < -0.39 is 0 Å². The highest BCUT2D eigenvalue weighted by molar-refractivity contribution is 7.95. The molecular formula is C34H50N4O3S. The number of hydrogen-bond donors (Lipinski definition) is 1. The second kappa shape index (κ2) is 18.1. The number of hydrogen-bond acceptors (Lipinski definition) is 7. The molecule has 2 heterocycles. The largest absolute Gasteiger partial charge is 0.378 e. The van der Waals surface area contributed by atoms with Crippen LogP contribution in [0.25, 0.3) is 6.08 Å². The number of carbonyl (C=O) groups excluding carboxylic acids is 2. The molecule has 1 aliphatic carbocycles. The maximum atomic E-state index is 13.2. The summed E-state index contributed by atoms with van der Waals surface area (Å²) in [5, 5.41) is 0. The van der Waals surface area contributed by atoms with Gasteiger partial charge in [-0.2, -0.15) is 0 Å². The van der Waals surface area contributed by atoms with Gasteiger partial charge in [0, 0.05) is 62.7 Å². The van der Waals surface area contributed by atoms with Gasteiger partial charge in [-0.15, -0.1) is 0 Å². The number of Topliss-reactive ketones (excluding diaryl/α,β-unsaturated/α-hetero) is 1. The van der Waals surface area contributed by atoms with Crippen LogP contribution < -0.4 is 9.62 Å². The molecule has 1 N–H and O–H groups in total. The van der Waals surface area contributed by atoms with Crippen LogP contribution in [0.15, 0.2) is 48.5 Å². The van der Waals surface area contributed by atoms with E-state index in [9.17, 15) is 9.59 Å². The fourth-order valence-electron chi connectivity index (χ4n) is 5.38. The van der Waals surface area contributed by atoms with Crippen molar-refractivity contribution >= 4 is 35.6 Å². The van der Waals surface area contributed by atoms with E-state index in [2.05, 4.69) is 56.4 Å². The number of rotatable bonds is 9. The molecule has 2 saturated heterocycles. The van der Waals surface area contributed by atoms with Crippen LogP contribution >= 0.6 is 12.1 Å². The highest BCUT2D eigenvalue weighted by atomic mass is 32.2. The van der Waals surface area contributed by atoms with Crippen molar-refractivity contribution in [3.63, 3.8) is 0 Å². The first-order valence-electron chi connectivity index (χ1n) is 15.7. The van der Waals surface area contributed by atoms with Crippen LogP contribution in [-0.2, 0) is 22.4 Å². The molecule has 3 aliphatic rings. The Morgan fingerprint density at radius 3 is 2.29 bits per heavy atom. The Hall–Kier alpha value is -2.65. The van der Waals surface area contributed by atoms with Crippen LogP contribution in [0.1, 0.15) is 68.1 Å². The lowest BCUT2D eigenvalue weighted by Crippen LogP contribution is -2.44. The molecule has 2 fully saturated rings. The molecule has 7 nitrogen and oxygen atoms in total. The molecule has 230 valence electrons. The summed E-state index contributed by atoms with van der Waals surface area (Å²) >= 11 is 1.55. The Kier molecular flexibility index (Phi) is 14.6. The van der Waals surface area contributed by atoms with E-state index in [-0.39, 0.29) is 11.7 Å². The van der Waals surface area contributed by atoms with Crippen molar-refractivity contribution in [1.29, 1.82) is 0 Å². The van der Waals surface area contributed by atoms with Crippen LogP contribution in [0, 0.1) is 5.92 Å². The van der Waals surface area contributed by atoms with Crippen molar-refractivity contribution in [2.75, 3.05) is 63.9 Å². The van der Waals surface area contributed by atoms with Crippen molar-refractivity contribution in [3.8, 4) is 0 Å². The average molecular weight is 595 g/mol. The van der Waals surface area contributed by atoms with Gasteiger partial charge in [-0.1, -0.05) is 64.1 Å². The van der Waals surface area contributed by atoms with Crippen molar-refractivity contribution in [1.82, 2.24) is 13.9 Å². The van der Waals surface area contributed by atoms with Crippen molar-refractivity contribution < 1.29 is 14.3 Å². The number of morpholine rings is 1. The second-order valence-electron chi connectivity index (χ2n) is 10.3. The molecule has 5 rings (SSSR count). The monoisotopic (exact) mass is 594 g/mol. The zero-order valence-corrected chi connectivity index (χ0v) is 27.0. The molecule has 2 aromatic carbocycles. The van der Waals surface area contributed by atoms with Crippen LogP contribution in [0.3, 0.4) is 0 Å². The molecule has 1 amide bonds. The molecule has 0 saturated carbocycles. The molecule has 0 bridgehead atoms. The van der Waals surface area contributed by atoms with E-state index in [1.165, 1.54) is 22.4 Å². The summed E-state index contributed by atoms with van der Waals surface area (Å²) in [7, 11) is 0. The maximum absolute atomic E-state index is 13.2. The second-order valence-corrected chi connectivity index (χ2v) is 11.3. The van der Waals surface area contributed by atoms with Crippen molar-refractivity contribution in [3.05, 3.63) is 70.8 Å². The van der Waals surface area contributed by atoms with E-state index in [4.69, 9.17) is 4.74 Å². The molecule has 0 aromatic heterocycles. The minimum atomic E-state index is 0.140. The molecule has 2 aliphatic heterocycles. The predicted molar refractivity (Wildman–Crippen MR) is 177 cm³/mol. The smallest absolute Gasteiger partial charge is 0.254 e. The van der Waals surface area contributed by atoms with Gasteiger partial charge in [0.05, 0.1) is 19.8 Å². The van der Waals surface area contributed by atoms with Crippen LogP contribution in [-0.4, -0.2) is 79.9 Å². The number of anilines is 1. The van der Waals surface area contributed by atoms with E-state index in [0.29, 0.717) is 38.8 Å². The summed E-state index contributed by atoms with van der Waals surface area (Å²) in [6, 6.07) is 15.1. The lowest BCUT2D eigenvalue weighted by molar-refractivity contribution is -0.115. The summed E-state index contributed by atoms with van der Waals surface area (Å²) in [5.41, 5.74) is 5.86. The Bertz CT molecular complexity index is 1140. The normalized spacial score (nSPS) is 18.3. The topological polar surface area (TPSA) is 65.1 Å². The first kappa shape index (κ1) is 33.8. The minimum Gasteiger partial charge on any atom is -0.378 e. The number of nitrogens with one attached hydrogen (secondary N) is 1. The Morgan fingerprint density at radius 1 is 0.929 bits per heavy atom. The van der Waals surface area contributed by atoms with Gasteiger partial charge < -0.3 is 14.5 Å².